The standard InChI is InChI=1S/C18H30O3/c1-6-9-10-14(7-2)12-18(4)13-15(8-3)16(21-18)11-17(19)20-5/h9-11,14-15H,6-8,12-13H2,1-5H3/b10-9+,16-11+/t14-,15+,18-/m0/s1. The van der Waals surface area contributed by atoms with Gasteiger partial charge in [0.2, 0.25) is 0 Å². The summed E-state index contributed by atoms with van der Waals surface area (Å²) in [7, 11) is 1.40. The molecular formula is C18H30O3. The Balaban J connectivity index is 2.81. The van der Waals surface area contributed by atoms with Crippen LogP contribution in [0.3, 0.4) is 0 Å². The Morgan fingerprint density at radius 3 is 2.71 bits per heavy atom. The minimum absolute atomic E-state index is 0.181. The summed E-state index contributed by atoms with van der Waals surface area (Å²) in [5, 5.41) is 0. The molecule has 1 saturated heterocycles. The highest BCUT2D eigenvalue weighted by Crippen LogP contribution is 2.43. The number of ether oxygens (including phenoxy) is 2. The molecule has 0 spiro atoms. The molecule has 3 atom stereocenters. The van der Waals surface area contributed by atoms with Gasteiger partial charge in [0.15, 0.2) is 0 Å². The van der Waals surface area contributed by atoms with E-state index in [2.05, 4.69) is 39.8 Å². The van der Waals surface area contributed by atoms with Crippen molar-refractivity contribution in [2.24, 2.45) is 11.8 Å². The summed E-state index contributed by atoms with van der Waals surface area (Å²) in [6.45, 7) is 8.67. The van der Waals surface area contributed by atoms with Gasteiger partial charge in [-0.1, -0.05) is 32.9 Å². The van der Waals surface area contributed by atoms with Crippen molar-refractivity contribution >= 4 is 5.97 Å². The first-order chi connectivity index (χ1) is 9.97. The molecule has 3 nitrogen and oxygen atoms in total. The van der Waals surface area contributed by atoms with E-state index in [1.54, 1.807) is 0 Å². The Bertz CT molecular complexity index is 397. The molecule has 0 aromatic heterocycles. The molecule has 0 amide bonds. The van der Waals surface area contributed by atoms with Crippen LogP contribution in [0.2, 0.25) is 0 Å². The predicted octanol–water partition coefficient (Wildman–Crippen LogP) is 4.63. The fraction of sp³-hybridized carbons (Fsp3) is 0.722. The highest BCUT2D eigenvalue weighted by molar-refractivity contribution is 5.82. The van der Waals surface area contributed by atoms with Crippen molar-refractivity contribution in [3.05, 3.63) is 24.0 Å². The molecule has 0 N–H and O–H groups in total. The number of rotatable bonds is 7. The number of carbonyl (C=O) groups is 1. The third-order valence-corrected chi connectivity index (χ3v) is 4.26. The van der Waals surface area contributed by atoms with Crippen LogP contribution in [0.1, 0.15) is 59.8 Å². The van der Waals surface area contributed by atoms with Crippen molar-refractivity contribution in [1.29, 1.82) is 0 Å². The van der Waals surface area contributed by atoms with Gasteiger partial charge in [-0.25, -0.2) is 4.79 Å². The van der Waals surface area contributed by atoms with E-state index in [0.29, 0.717) is 11.8 Å². The van der Waals surface area contributed by atoms with Crippen molar-refractivity contribution in [2.45, 2.75) is 65.4 Å². The van der Waals surface area contributed by atoms with Crippen LogP contribution in [0.5, 0.6) is 0 Å². The highest BCUT2D eigenvalue weighted by atomic mass is 16.5. The lowest BCUT2D eigenvalue weighted by atomic mass is 9.84. The summed E-state index contributed by atoms with van der Waals surface area (Å²) in [5.74, 6) is 1.32. The van der Waals surface area contributed by atoms with E-state index in [1.165, 1.54) is 13.2 Å². The zero-order chi connectivity index (χ0) is 15.9. The van der Waals surface area contributed by atoms with E-state index in [1.807, 2.05) is 0 Å². The fourth-order valence-electron chi connectivity index (χ4n) is 3.06. The summed E-state index contributed by atoms with van der Waals surface area (Å²) in [5.41, 5.74) is -0.181. The van der Waals surface area contributed by atoms with Gasteiger partial charge in [0, 0.05) is 5.92 Å². The second kappa shape index (κ2) is 8.26. The van der Waals surface area contributed by atoms with Gasteiger partial charge in [0.1, 0.15) is 11.4 Å². The van der Waals surface area contributed by atoms with Crippen molar-refractivity contribution in [1.82, 2.24) is 0 Å². The van der Waals surface area contributed by atoms with Crippen LogP contribution in [0.25, 0.3) is 0 Å². The quantitative estimate of drug-likeness (QED) is 0.390. The van der Waals surface area contributed by atoms with Gasteiger partial charge in [-0.2, -0.15) is 0 Å². The average Bonchev–Trinajstić information content (AvgIpc) is 2.79. The largest absolute Gasteiger partial charge is 0.491 e. The molecule has 0 unspecified atom stereocenters. The molecule has 1 rings (SSSR count). The SMILES string of the molecule is CC/C=C/[C@H](CC)C[C@@]1(C)C[C@@H](CC)/C(=C\C(=O)OC)O1. The van der Waals surface area contributed by atoms with Gasteiger partial charge >= 0.3 is 5.97 Å². The molecule has 0 aliphatic carbocycles. The summed E-state index contributed by atoms with van der Waals surface area (Å²) in [6.07, 6.45) is 11.2. The van der Waals surface area contributed by atoms with Crippen LogP contribution >= 0.6 is 0 Å². The summed E-state index contributed by atoms with van der Waals surface area (Å²) in [4.78, 5) is 11.5. The Morgan fingerprint density at radius 1 is 1.48 bits per heavy atom. The molecule has 0 saturated carbocycles. The summed E-state index contributed by atoms with van der Waals surface area (Å²) < 4.78 is 10.9. The van der Waals surface area contributed by atoms with Crippen LogP contribution in [0.4, 0.5) is 0 Å². The summed E-state index contributed by atoms with van der Waals surface area (Å²) in [6, 6.07) is 0. The summed E-state index contributed by atoms with van der Waals surface area (Å²) >= 11 is 0. The second-order valence-electron chi connectivity index (χ2n) is 6.14. The smallest absolute Gasteiger partial charge is 0.333 e. The molecule has 1 aliphatic heterocycles. The van der Waals surface area contributed by atoms with Gasteiger partial charge < -0.3 is 9.47 Å². The number of esters is 1. The number of methoxy groups -OCH3 is 1. The molecule has 1 fully saturated rings. The van der Waals surface area contributed by atoms with Crippen LogP contribution in [-0.2, 0) is 14.3 Å². The van der Waals surface area contributed by atoms with Gasteiger partial charge in [0.05, 0.1) is 13.2 Å². The first kappa shape index (κ1) is 17.8. The lowest BCUT2D eigenvalue weighted by Gasteiger charge is -2.27. The molecule has 3 heteroatoms. The molecule has 1 aliphatic rings. The first-order valence-electron chi connectivity index (χ1n) is 8.13. The normalized spacial score (nSPS) is 28.8. The first-order valence-corrected chi connectivity index (χ1v) is 8.13. The molecular weight excluding hydrogens is 264 g/mol. The van der Waals surface area contributed by atoms with Gasteiger partial charge in [-0.05, 0) is 44.9 Å². The Kier molecular flexibility index (Phi) is 7.00. The molecule has 0 radical (unpaired) electrons. The maximum atomic E-state index is 11.5. The van der Waals surface area contributed by atoms with Crippen molar-refractivity contribution in [3.63, 3.8) is 0 Å². The van der Waals surface area contributed by atoms with Crippen molar-refractivity contribution in [3.8, 4) is 0 Å². The van der Waals surface area contributed by atoms with Gasteiger partial charge in [-0.15, -0.1) is 0 Å². The van der Waals surface area contributed by atoms with E-state index in [4.69, 9.17) is 9.47 Å². The van der Waals surface area contributed by atoms with E-state index in [-0.39, 0.29) is 11.6 Å². The maximum absolute atomic E-state index is 11.5. The Morgan fingerprint density at radius 2 is 2.19 bits per heavy atom. The van der Waals surface area contributed by atoms with E-state index < -0.39 is 0 Å². The minimum atomic E-state index is -0.328. The van der Waals surface area contributed by atoms with Crippen LogP contribution in [-0.4, -0.2) is 18.7 Å². The zero-order valence-corrected chi connectivity index (χ0v) is 14.1. The number of hydrogen-bond donors (Lipinski definition) is 0. The number of allylic oxidation sites excluding steroid dienone is 3. The highest BCUT2D eigenvalue weighted by Gasteiger charge is 2.40. The average molecular weight is 294 g/mol. The van der Waals surface area contributed by atoms with Crippen LogP contribution in [0.15, 0.2) is 24.0 Å². The second-order valence-corrected chi connectivity index (χ2v) is 6.14. The van der Waals surface area contributed by atoms with Crippen LogP contribution in [0, 0.1) is 11.8 Å². The van der Waals surface area contributed by atoms with Gasteiger partial charge in [0.25, 0.3) is 0 Å². The molecule has 21 heavy (non-hydrogen) atoms. The monoisotopic (exact) mass is 294 g/mol. The lowest BCUT2D eigenvalue weighted by Crippen LogP contribution is -2.26. The van der Waals surface area contributed by atoms with E-state index in [0.717, 1.165) is 37.9 Å². The predicted molar refractivity (Wildman–Crippen MR) is 85.8 cm³/mol. The maximum Gasteiger partial charge on any atom is 0.333 e. The number of carbonyl (C=O) groups excluding carboxylic acids is 1. The lowest BCUT2D eigenvalue weighted by molar-refractivity contribution is -0.135. The molecule has 0 aromatic rings. The minimum Gasteiger partial charge on any atom is -0.491 e. The zero-order valence-electron chi connectivity index (χ0n) is 14.1. The fourth-order valence-corrected chi connectivity index (χ4v) is 3.06. The third-order valence-electron chi connectivity index (χ3n) is 4.26. The molecule has 1 heterocycles. The molecule has 120 valence electrons. The Hall–Kier alpha value is -1.25. The van der Waals surface area contributed by atoms with E-state index in [9.17, 15) is 4.79 Å². The number of hydrogen-bond acceptors (Lipinski definition) is 3. The Labute approximate surface area is 129 Å². The molecule has 0 bridgehead atoms. The van der Waals surface area contributed by atoms with E-state index >= 15 is 0 Å². The molecule has 0 aromatic carbocycles. The van der Waals surface area contributed by atoms with Gasteiger partial charge in [-0.3, -0.25) is 0 Å². The van der Waals surface area contributed by atoms with Crippen molar-refractivity contribution < 1.29 is 14.3 Å². The van der Waals surface area contributed by atoms with Crippen LogP contribution < -0.4 is 0 Å². The van der Waals surface area contributed by atoms with Crippen molar-refractivity contribution in [2.75, 3.05) is 7.11 Å². The third kappa shape index (κ3) is 5.22. The topological polar surface area (TPSA) is 35.5 Å².